The average Bonchev–Trinajstić information content (AvgIpc) is 3.05. The van der Waals surface area contributed by atoms with Crippen LogP contribution in [0.1, 0.15) is 45.9 Å². The minimum Gasteiger partial charge on any atom is -0.332 e. The van der Waals surface area contributed by atoms with E-state index in [2.05, 4.69) is 23.8 Å². The van der Waals surface area contributed by atoms with Gasteiger partial charge in [0, 0.05) is 12.1 Å². The van der Waals surface area contributed by atoms with Crippen molar-refractivity contribution >= 4 is 21.6 Å². The molecule has 1 heterocycles. The zero-order valence-corrected chi connectivity index (χ0v) is 16.1. The van der Waals surface area contributed by atoms with Gasteiger partial charge in [-0.2, -0.15) is 0 Å². The summed E-state index contributed by atoms with van der Waals surface area (Å²) in [5.41, 5.74) is 4.09. The fourth-order valence-electron chi connectivity index (χ4n) is 3.52. The number of carbonyl (C=O) groups excluding carboxylic acids is 1. The summed E-state index contributed by atoms with van der Waals surface area (Å²) in [4.78, 5) is 15.0. The van der Waals surface area contributed by atoms with Crippen molar-refractivity contribution in [1.82, 2.24) is 4.90 Å². The molecule has 26 heavy (non-hydrogen) atoms. The molecule has 1 aliphatic rings. The van der Waals surface area contributed by atoms with Crippen LogP contribution in [0.2, 0.25) is 0 Å². The van der Waals surface area contributed by atoms with Gasteiger partial charge in [-0.25, -0.2) is 8.42 Å². The number of hydrogen-bond donors (Lipinski definition) is 1. The summed E-state index contributed by atoms with van der Waals surface area (Å²) in [6.45, 7) is 4.59. The fraction of sp³-hybridized carbons (Fsp3) is 0.350. The molecule has 2 aromatic rings. The Morgan fingerprint density at radius 2 is 1.85 bits per heavy atom. The normalized spacial score (nSPS) is 17.3. The van der Waals surface area contributed by atoms with Gasteiger partial charge in [-0.1, -0.05) is 30.3 Å². The Morgan fingerprint density at radius 3 is 2.54 bits per heavy atom. The molecule has 0 aromatic heterocycles. The van der Waals surface area contributed by atoms with Gasteiger partial charge in [0.15, 0.2) is 0 Å². The first-order valence-corrected chi connectivity index (χ1v) is 10.6. The molecule has 6 heteroatoms. The van der Waals surface area contributed by atoms with Crippen molar-refractivity contribution in [2.45, 2.75) is 32.7 Å². The molecule has 2 aromatic carbocycles. The number of sulfonamides is 1. The van der Waals surface area contributed by atoms with E-state index in [1.54, 1.807) is 18.2 Å². The van der Waals surface area contributed by atoms with E-state index >= 15 is 0 Å². The quantitative estimate of drug-likeness (QED) is 0.891. The third kappa shape index (κ3) is 3.90. The van der Waals surface area contributed by atoms with Crippen LogP contribution in [-0.2, 0) is 10.0 Å². The maximum absolute atomic E-state index is 13.1. The molecule has 0 spiro atoms. The predicted molar refractivity (Wildman–Crippen MR) is 104 cm³/mol. The molecule has 1 atom stereocenters. The van der Waals surface area contributed by atoms with Gasteiger partial charge in [-0.3, -0.25) is 9.52 Å². The van der Waals surface area contributed by atoms with Crippen LogP contribution >= 0.6 is 0 Å². The van der Waals surface area contributed by atoms with Gasteiger partial charge < -0.3 is 4.90 Å². The molecule has 1 N–H and O–H groups in total. The molecule has 3 rings (SSSR count). The number of benzene rings is 2. The zero-order chi connectivity index (χ0) is 18.9. The van der Waals surface area contributed by atoms with E-state index in [9.17, 15) is 13.2 Å². The molecule has 5 nitrogen and oxygen atoms in total. The van der Waals surface area contributed by atoms with Gasteiger partial charge in [-0.05, 0) is 55.5 Å². The van der Waals surface area contributed by atoms with Gasteiger partial charge >= 0.3 is 0 Å². The maximum atomic E-state index is 13.1. The van der Waals surface area contributed by atoms with Gasteiger partial charge in [0.2, 0.25) is 10.0 Å². The van der Waals surface area contributed by atoms with Gasteiger partial charge in [0.25, 0.3) is 5.91 Å². The fourth-order valence-corrected chi connectivity index (χ4v) is 4.14. The molecule has 1 saturated heterocycles. The second-order valence-corrected chi connectivity index (χ2v) is 8.67. The van der Waals surface area contributed by atoms with E-state index in [0.717, 1.165) is 24.7 Å². The monoisotopic (exact) mass is 372 g/mol. The molecule has 0 bridgehead atoms. The van der Waals surface area contributed by atoms with Crippen LogP contribution in [-0.4, -0.2) is 32.0 Å². The SMILES string of the molecule is Cc1ccc(C(=O)N2CCCC2c2ccccc2C)cc1NS(C)(=O)=O. The van der Waals surface area contributed by atoms with E-state index in [-0.39, 0.29) is 11.9 Å². The van der Waals surface area contributed by atoms with E-state index in [1.807, 2.05) is 24.0 Å². The number of carbonyl (C=O) groups is 1. The molecule has 1 unspecified atom stereocenters. The second-order valence-electron chi connectivity index (χ2n) is 6.92. The molecule has 0 radical (unpaired) electrons. The van der Waals surface area contributed by atoms with Crippen molar-refractivity contribution in [1.29, 1.82) is 0 Å². The average molecular weight is 372 g/mol. The zero-order valence-electron chi connectivity index (χ0n) is 15.3. The third-order valence-corrected chi connectivity index (χ3v) is 5.43. The predicted octanol–water partition coefficient (Wildman–Crippen LogP) is 3.65. The Balaban J connectivity index is 1.91. The summed E-state index contributed by atoms with van der Waals surface area (Å²) >= 11 is 0. The van der Waals surface area contributed by atoms with E-state index in [0.29, 0.717) is 17.8 Å². The van der Waals surface area contributed by atoms with Gasteiger partial charge in [0.1, 0.15) is 0 Å². The van der Waals surface area contributed by atoms with Crippen molar-refractivity contribution in [2.75, 3.05) is 17.5 Å². The van der Waals surface area contributed by atoms with Crippen molar-refractivity contribution in [3.8, 4) is 0 Å². The highest BCUT2D eigenvalue weighted by Crippen LogP contribution is 2.35. The van der Waals surface area contributed by atoms with E-state index in [1.165, 1.54) is 11.1 Å². The standard InChI is InChI=1S/C20H24N2O3S/c1-14-7-4-5-8-17(14)19-9-6-12-22(19)20(23)16-11-10-15(2)18(13-16)21-26(3,24)25/h4-5,7-8,10-11,13,19,21H,6,9,12H2,1-3H3. The number of nitrogens with one attached hydrogen (secondary N) is 1. The summed E-state index contributed by atoms with van der Waals surface area (Å²) in [6, 6.07) is 13.4. The van der Waals surface area contributed by atoms with Crippen molar-refractivity contribution < 1.29 is 13.2 Å². The first-order valence-electron chi connectivity index (χ1n) is 8.71. The Bertz CT molecular complexity index is 938. The second kappa shape index (κ2) is 7.11. The number of aryl methyl sites for hydroxylation is 2. The topological polar surface area (TPSA) is 66.5 Å². The number of amides is 1. The Morgan fingerprint density at radius 1 is 1.12 bits per heavy atom. The largest absolute Gasteiger partial charge is 0.332 e. The summed E-state index contributed by atoms with van der Waals surface area (Å²) < 4.78 is 25.6. The van der Waals surface area contributed by atoms with Crippen molar-refractivity contribution in [3.63, 3.8) is 0 Å². The molecule has 0 saturated carbocycles. The molecule has 1 fully saturated rings. The lowest BCUT2D eigenvalue weighted by atomic mass is 9.99. The number of rotatable bonds is 4. The number of hydrogen-bond acceptors (Lipinski definition) is 3. The summed E-state index contributed by atoms with van der Waals surface area (Å²) in [5, 5.41) is 0. The molecule has 1 aliphatic heterocycles. The Labute approximate surface area is 155 Å². The first kappa shape index (κ1) is 18.5. The highest BCUT2D eigenvalue weighted by atomic mass is 32.2. The van der Waals surface area contributed by atoms with Crippen LogP contribution in [0.5, 0.6) is 0 Å². The van der Waals surface area contributed by atoms with Crippen LogP contribution in [0.4, 0.5) is 5.69 Å². The van der Waals surface area contributed by atoms with Gasteiger partial charge in [0.05, 0.1) is 18.0 Å². The Hall–Kier alpha value is -2.34. The van der Waals surface area contributed by atoms with Crippen LogP contribution in [0.25, 0.3) is 0 Å². The number of likely N-dealkylation sites (tertiary alicyclic amines) is 1. The van der Waals surface area contributed by atoms with Gasteiger partial charge in [-0.15, -0.1) is 0 Å². The molecule has 138 valence electrons. The van der Waals surface area contributed by atoms with Crippen molar-refractivity contribution in [2.24, 2.45) is 0 Å². The highest BCUT2D eigenvalue weighted by Gasteiger charge is 2.31. The molecular formula is C20H24N2O3S. The smallest absolute Gasteiger partial charge is 0.254 e. The van der Waals surface area contributed by atoms with E-state index in [4.69, 9.17) is 0 Å². The lowest BCUT2D eigenvalue weighted by molar-refractivity contribution is 0.0735. The van der Waals surface area contributed by atoms with Crippen LogP contribution < -0.4 is 4.72 Å². The maximum Gasteiger partial charge on any atom is 0.254 e. The van der Waals surface area contributed by atoms with Crippen molar-refractivity contribution in [3.05, 3.63) is 64.7 Å². The third-order valence-electron chi connectivity index (χ3n) is 4.84. The van der Waals surface area contributed by atoms with Crippen LogP contribution in [0, 0.1) is 13.8 Å². The van der Waals surface area contributed by atoms with Crippen LogP contribution in [0.3, 0.4) is 0 Å². The van der Waals surface area contributed by atoms with Crippen LogP contribution in [0.15, 0.2) is 42.5 Å². The first-order chi connectivity index (χ1) is 12.3. The number of anilines is 1. The summed E-state index contributed by atoms with van der Waals surface area (Å²) in [5.74, 6) is -0.0627. The Kier molecular flexibility index (Phi) is 5.05. The summed E-state index contributed by atoms with van der Waals surface area (Å²) in [7, 11) is -3.40. The minimum absolute atomic E-state index is 0.0627. The minimum atomic E-state index is -3.40. The molecule has 1 amide bonds. The number of nitrogens with zero attached hydrogens (tertiary/aromatic N) is 1. The molecular weight excluding hydrogens is 348 g/mol. The van der Waals surface area contributed by atoms with E-state index < -0.39 is 10.0 Å². The molecule has 0 aliphatic carbocycles. The lowest BCUT2D eigenvalue weighted by Crippen LogP contribution is -2.31. The summed E-state index contributed by atoms with van der Waals surface area (Å²) in [6.07, 6.45) is 3.01. The lowest BCUT2D eigenvalue weighted by Gasteiger charge is -2.26. The highest BCUT2D eigenvalue weighted by molar-refractivity contribution is 7.92.